The van der Waals surface area contributed by atoms with Gasteiger partial charge in [-0.25, -0.2) is 0 Å². The first-order valence-corrected chi connectivity index (χ1v) is 6.79. The summed E-state index contributed by atoms with van der Waals surface area (Å²) in [7, 11) is 0. The van der Waals surface area contributed by atoms with Gasteiger partial charge in [-0.2, -0.15) is 0 Å². The maximum Gasteiger partial charge on any atom is 0.0798 e. The van der Waals surface area contributed by atoms with Crippen molar-refractivity contribution in [2.45, 2.75) is 63.1 Å². The molecule has 0 aliphatic heterocycles. The molecule has 0 bridgehead atoms. The Hall–Kier alpha value is -0.120. The van der Waals surface area contributed by atoms with Gasteiger partial charge in [-0.05, 0) is 38.0 Å². The van der Waals surface area contributed by atoms with Gasteiger partial charge in [0, 0.05) is 13.2 Å². The van der Waals surface area contributed by atoms with Crippen LogP contribution in [0.25, 0.3) is 0 Å². The molecule has 0 aromatic carbocycles. The molecule has 0 spiro atoms. The molecular formula is C13H25NO2. The predicted molar refractivity (Wildman–Crippen MR) is 64.2 cm³/mol. The fourth-order valence-electron chi connectivity index (χ4n) is 3.24. The molecule has 94 valence electrons. The van der Waals surface area contributed by atoms with E-state index in [9.17, 15) is 5.11 Å². The van der Waals surface area contributed by atoms with E-state index in [1.54, 1.807) is 0 Å². The zero-order valence-corrected chi connectivity index (χ0v) is 10.2. The maximum absolute atomic E-state index is 10.3. The molecule has 0 radical (unpaired) electrons. The van der Waals surface area contributed by atoms with Crippen molar-refractivity contribution in [3.8, 4) is 0 Å². The molecule has 3 nitrogen and oxygen atoms in total. The van der Waals surface area contributed by atoms with Crippen molar-refractivity contribution in [3.63, 3.8) is 0 Å². The van der Waals surface area contributed by atoms with Crippen LogP contribution in [0.3, 0.4) is 0 Å². The van der Waals surface area contributed by atoms with Gasteiger partial charge in [0.1, 0.15) is 0 Å². The van der Waals surface area contributed by atoms with E-state index in [-0.39, 0.29) is 0 Å². The quantitative estimate of drug-likeness (QED) is 0.753. The summed E-state index contributed by atoms with van der Waals surface area (Å²) in [6, 6.07) is 0. The van der Waals surface area contributed by atoms with E-state index in [0.29, 0.717) is 18.6 Å². The SMILES string of the molecule is NCC1(O)CCCC1CCOC1CCCC1. The highest BCUT2D eigenvalue weighted by atomic mass is 16.5. The van der Waals surface area contributed by atoms with Crippen molar-refractivity contribution in [2.75, 3.05) is 13.2 Å². The second kappa shape index (κ2) is 5.48. The molecule has 2 saturated carbocycles. The molecule has 0 heterocycles. The van der Waals surface area contributed by atoms with Crippen molar-refractivity contribution in [2.24, 2.45) is 11.7 Å². The normalized spacial score (nSPS) is 36.0. The minimum atomic E-state index is -0.598. The summed E-state index contributed by atoms with van der Waals surface area (Å²) < 4.78 is 5.85. The Bertz CT molecular complexity index is 216. The molecule has 0 aromatic heterocycles. The summed E-state index contributed by atoms with van der Waals surface area (Å²) >= 11 is 0. The van der Waals surface area contributed by atoms with Crippen molar-refractivity contribution in [1.82, 2.24) is 0 Å². The molecule has 3 heteroatoms. The first kappa shape index (κ1) is 12.3. The van der Waals surface area contributed by atoms with Gasteiger partial charge >= 0.3 is 0 Å². The van der Waals surface area contributed by atoms with E-state index in [2.05, 4.69) is 0 Å². The van der Waals surface area contributed by atoms with Crippen LogP contribution in [0.15, 0.2) is 0 Å². The van der Waals surface area contributed by atoms with Gasteiger partial charge in [-0.15, -0.1) is 0 Å². The van der Waals surface area contributed by atoms with Crippen LogP contribution in [0.4, 0.5) is 0 Å². The molecule has 2 rings (SSSR count). The van der Waals surface area contributed by atoms with Crippen molar-refractivity contribution < 1.29 is 9.84 Å². The first-order chi connectivity index (χ1) is 7.74. The minimum absolute atomic E-state index is 0.360. The second-order valence-corrected chi connectivity index (χ2v) is 5.46. The molecule has 0 saturated heterocycles. The molecular weight excluding hydrogens is 202 g/mol. The van der Waals surface area contributed by atoms with E-state index in [4.69, 9.17) is 10.5 Å². The van der Waals surface area contributed by atoms with Crippen LogP contribution in [0.2, 0.25) is 0 Å². The average molecular weight is 227 g/mol. The number of hydrogen-bond acceptors (Lipinski definition) is 3. The van der Waals surface area contributed by atoms with Crippen LogP contribution in [0.5, 0.6) is 0 Å². The molecule has 0 amide bonds. The fourth-order valence-corrected chi connectivity index (χ4v) is 3.24. The lowest BCUT2D eigenvalue weighted by atomic mass is 9.88. The van der Waals surface area contributed by atoms with Gasteiger partial charge in [0.25, 0.3) is 0 Å². The summed E-state index contributed by atoms with van der Waals surface area (Å²) in [6.07, 6.45) is 9.66. The Kier molecular flexibility index (Phi) is 4.22. The van der Waals surface area contributed by atoms with Gasteiger partial charge in [-0.1, -0.05) is 19.3 Å². The number of aliphatic hydroxyl groups is 1. The summed E-state index contributed by atoms with van der Waals surface area (Å²) in [5.74, 6) is 0.360. The number of ether oxygens (including phenoxy) is 1. The lowest BCUT2D eigenvalue weighted by molar-refractivity contribution is -0.0147. The first-order valence-electron chi connectivity index (χ1n) is 6.79. The zero-order valence-electron chi connectivity index (χ0n) is 10.2. The molecule has 2 unspecified atom stereocenters. The van der Waals surface area contributed by atoms with E-state index < -0.39 is 5.60 Å². The van der Waals surface area contributed by atoms with Crippen LogP contribution in [0.1, 0.15) is 51.4 Å². The summed E-state index contributed by atoms with van der Waals surface area (Å²) in [5.41, 5.74) is 5.06. The summed E-state index contributed by atoms with van der Waals surface area (Å²) in [5, 5.41) is 10.3. The van der Waals surface area contributed by atoms with Crippen LogP contribution < -0.4 is 5.73 Å². The van der Waals surface area contributed by atoms with Gasteiger partial charge in [0.2, 0.25) is 0 Å². The van der Waals surface area contributed by atoms with Crippen molar-refractivity contribution in [1.29, 1.82) is 0 Å². The topological polar surface area (TPSA) is 55.5 Å². The second-order valence-electron chi connectivity index (χ2n) is 5.46. The fraction of sp³-hybridized carbons (Fsp3) is 1.00. The van der Waals surface area contributed by atoms with E-state index in [0.717, 1.165) is 32.3 Å². The highest BCUT2D eigenvalue weighted by molar-refractivity contribution is 4.92. The molecule has 2 aliphatic carbocycles. The predicted octanol–water partition coefficient (Wildman–Crippen LogP) is 1.83. The molecule has 2 aliphatic rings. The van der Waals surface area contributed by atoms with E-state index >= 15 is 0 Å². The highest BCUT2D eigenvalue weighted by Gasteiger charge is 2.39. The van der Waals surface area contributed by atoms with E-state index in [1.807, 2.05) is 0 Å². The standard InChI is InChI=1S/C13H25NO2/c14-10-13(15)8-3-4-11(13)7-9-16-12-5-1-2-6-12/h11-12,15H,1-10,14H2. The maximum atomic E-state index is 10.3. The lowest BCUT2D eigenvalue weighted by Crippen LogP contribution is -2.41. The molecule has 2 fully saturated rings. The monoisotopic (exact) mass is 227 g/mol. The largest absolute Gasteiger partial charge is 0.388 e. The number of rotatable bonds is 5. The van der Waals surface area contributed by atoms with Gasteiger partial charge in [0.15, 0.2) is 0 Å². The third-order valence-electron chi connectivity index (χ3n) is 4.40. The third-order valence-corrected chi connectivity index (χ3v) is 4.40. The number of hydrogen-bond donors (Lipinski definition) is 2. The van der Waals surface area contributed by atoms with Crippen LogP contribution >= 0.6 is 0 Å². The Labute approximate surface area is 98.4 Å². The Morgan fingerprint density at radius 2 is 1.94 bits per heavy atom. The summed E-state index contributed by atoms with van der Waals surface area (Å²) in [4.78, 5) is 0. The van der Waals surface area contributed by atoms with Gasteiger partial charge < -0.3 is 15.6 Å². The van der Waals surface area contributed by atoms with Crippen molar-refractivity contribution >= 4 is 0 Å². The van der Waals surface area contributed by atoms with Gasteiger partial charge in [0.05, 0.1) is 11.7 Å². The average Bonchev–Trinajstić information content (AvgIpc) is 2.90. The van der Waals surface area contributed by atoms with Crippen LogP contribution in [-0.2, 0) is 4.74 Å². The third kappa shape index (κ3) is 2.76. The zero-order chi connectivity index (χ0) is 11.4. The van der Waals surface area contributed by atoms with Crippen molar-refractivity contribution in [3.05, 3.63) is 0 Å². The van der Waals surface area contributed by atoms with Crippen LogP contribution in [-0.4, -0.2) is 30.0 Å². The Morgan fingerprint density at radius 3 is 2.62 bits per heavy atom. The molecule has 2 atom stereocenters. The lowest BCUT2D eigenvalue weighted by Gasteiger charge is -2.28. The van der Waals surface area contributed by atoms with Crippen LogP contribution in [0, 0.1) is 5.92 Å². The molecule has 3 N–H and O–H groups in total. The molecule has 16 heavy (non-hydrogen) atoms. The summed E-state index contributed by atoms with van der Waals surface area (Å²) in [6.45, 7) is 1.21. The van der Waals surface area contributed by atoms with Gasteiger partial charge in [-0.3, -0.25) is 0 Å². The minimum Gasteiger partial charge on any atom is -0.388 e. The Balaban J connectivity index is 1.68. The highest BCUT2D eigenvalue weighted by Crippen LogP contribution is 2.37. The smallest absolute Gasteiger partial charge is 0.0798 e. The van der Waals surface area contributed by atoms with E-state index in [1.165, 1.54) is 25.7 Å². The molecule has 0 aromatic rings. The Morgan fingerprint density at radius 1 is 1.19 bits per heavy atom. The number of nitrogens with two attached hydrogens (primary N) is 1.